The fourth-order valence-corrected chi connectivity index (χ4v) is 2.68. The zero-order chi connectivity index (χ0) is 15.6. The van der Waals surface area contributed by atoms with Crippen LogP contribution in [0.3, 0.4) is 0 Å². The van der Waals surface area contributed by atoms with E-state index in [1.807, 2.05) is 25.4 Å². The van der Waals surface area contributed by atoms with Crippen molar-refractivity contribution < 1.29 is 9.15 Å². The van der Waals surface area contributed by atoms with Gasteiger partial charge in [0.15, 0.2) is 5.65 Å². The third kappa shape index (κ3) is 2.72. The van der Waals surface area contributed by atoms with Crippen molar-refractivity contribution in [2.24, 2.45) is 7.05 Å². The number of hydrogen-bond donors (Lipinski definition) is 1. The SMILES string of the molecule is Cn1ncc2c(N3CCOCC3)nc(NCc3ccco3)nc21. The van der Waals surface area contributed by atoms with Crippen molar-refractivity contribution in [3.8, 4) is 0 Å². The molecule has 4 heterocycles. The first-order chi connectivity index (χ1) is 11.3. The van der Waals surface area contributed by atoms with Gasteiger partial charge in [0.2, 0.25) is 5.95 Å². The summed E-state index contributed by atoms with van der Waals surface area (Å²) in [7, 11) is 1.88. The number of nitrogens with zero attached hydrogens (tertiary/aromatic N) is 5. The van der Waals surface area contributed by atoms with Crippen LogP contribution in [0.25, 0.3) is 11.0 Å². The Morgan fingerprint density at radius 3 is 2.91 bits per heavy atom. The Morgan fingerprint density at radius 1 is 1.26 bits per heavy atom. The lowest BCUT2D eigenvalue weighted by Crippen LogP contribution is -2.37. The van der Waals surface area contributed by atoms with E-state index in [1.165, 1.54) is 0 Å². The zero-order valence-electron chi connectivity index (χ0n) is 12.9. The maximum atomic E-state index is 5.43. The molecule has 3 aromatic heterocycles. The van der Waals surface area contributed by atoms with Crippen molar-refractivity contribution in [2.45, 2.75) is 6.54 Å². The van der Waals surface area contributed by atoms with Crippen LogP contribution in [0.15, 0.2) is 29.0 Å². The van der Waals surface area contributed by atoms with E-state index in [0.29, 0.717) is 25.7 Å². The average molecular weight is 314 g/mol. The van der Waals surface area contributed by atoms with Gasteiger partial charge in [-0.15, -0.1) is 0 Å². The molecule has 8 heteroatoms. The number of anilines is 2. The van der Waals surface area contributed by atoms with Crippen molar-refractivity contribution in [3.63, 3.8) is 0 Å². The third-order valence-corrected chi connectivity index (χ3v) is 3.88. The summed E-state index contributed by atoms with van der Waals surface area (Å²) in [5.41, 5.74) is 0.809. The monoisotopic (exact) mass is 314 g/mol. The second-order valence-electron chi connectivity index (χ2n) is 5.41. The first-order valence-corrected chi connectivity index (χ1v) is 7.60. The van der Waals surface area contributed by atoms with Gasteiger partial charge in [0.25, 0.3) is 0 Å². The molecule has 23 heavy (non-hydrogen) atoms. The molecule has 0 saturated carbocycles. The molecule has 120 valence electrons. The average Bonchev–Trinajstić information content (AvgIpc) is 3.24. The molecule has 1 aliphatic heterocycles. The fraction of sp³-hybridized carbons (Fsp3) is 0.400. The van der Waals surface area contributed by atoms with E-state index in [4.69, 9.17) is 14.1 Å². The van der Waals surface area contributed by atoms with Crippen LogP contribution in [0.4, 0.5) is 11.8 Å². The smallest absolute Gasteiger partial charge is 0.227 e. The summed E-state index contributed by atoms with van der Waals surface area (Å²) in [5.74, 6) is 2.30. The molecule has 0 atom stereocenters. The summed E-state index contributed by atoms with van der Waals surface area (Å²) < 4.78 is 12.5. The Morgan fingerprint density at radius 2 is 2.13 bits per heavy atom. The summed E-state index contributed by atoms with van der Waals surface area (Å²) in [6.45, 7) is 3.60. The van der Waals surface area contributed by atoms with Gasteiger partial charge >= 0.3 is 0 Å². The van der Waals surface area contributed by atoms with Gasteiger partial charge in [-0.05, 0) is 12.1 Å². The Bertz CT molecular complexity index is 792. The van der Waals surface area contributed by atoms with Crippen molar-refractivity contribution in [3.05, 3.63) is 30.4 Å². The molecule has 0 aromatic carbocycles. The number of rotatable bonds is 4. The molecule has 3 aromatic rings. The molecule has 0 unspecified atom stereocenters. The van der Waals surface area contributed by atoms with Gasteiger partial charge < -0.3 is 19.4 Å². The molecular formula is C15H18N6O2. The second kappa shape index (κ2) is 5.88. The molecule has 1 aliphatic rings. The number of aryl methyl sites for hydroxylation is 1. The standard InChI is InChI=1S/C15H18N6O2/c1-20-13-12(10-17-20)14(21-4-7-22-8-5-21)19-15(18-13)16-9-11-3-2-6-23-11/h2-3,6,10H,4-5,7-9H2,1H3,(H,16,18,19). The number of morpholine rings is 1. The molecule has 0 amide bonds. The lowest BCUT2D eigenvalue weighted by atomic mass is 10.3. The topological polar surface area (TPSA) is 81.2 Å². The minimum Gasteiger partial charge on any atom is -0.467 e. The number of hydrogen-bond acceptors (Lipinski definition) is 7. The predicted molar refractivity (Wildman–Crippen MR) is 85.4 cm³/mol. The van der Waals surface area contributed by atoms with E-state index in [-0.39, 0.29) is 0 Å². The molecule has 1 N–H and O–H groups in total. The van der Waals surface area contributed by atoms with Crippen molar-refractivity contribution in [1.82, 2.24) is 19.7 Å². The normalized spacial score (nSPS) is 15.3. The van der Waals surface area contributed by atoms with Gasteiger partial charge in [-0.1, -0.05) is 0 Å². The van der Waals surface area contributed by atoms with Crippen molar-refractivity contribution in [2.75, 3.05) is 36.5 Å². The van der Waals surface area contributed by atoms with Crippen LogP contribution in [-0.2, 0) is 18.3 Å². The van der Waals surface area contributed by atoms with Gasteiger partial charge in [0, 0.05) is 20.1 Å². The molecule has 0 bridgehead atoms. The Labute approximate surface area is 133 Å². The summed E-state index contributed by atoms with van der Waals surface area (Å²) in [6, 6.07) is 3.78. The fourth-order valence-electron chi connectivity index (χ4n) is 2.68. The van der Waals surface area contributed by atoms with Gasteiger partial charge in [-0.3, -0.25) is 4.68 Å². The second-order valence-corrected chi connectivity index (χ2v) is 5.41. The summed E-state index contributed by atoms with van der Waals surface area (Å²) in [6.07, 6.45) is 3.47. The van der Waals surface area contributed by atoms with Gasteiger partial charge in [-0.25, -0.2) is 0 Å². The van der Waals surface area contributed by atoms with Crippen molar-refractivity contribution >= 4 is 22.8 Å². The maximum Gasteiger partial charge on any atom is 0.227 e. The Hall–Kier alpha value is -2.61. The number of furan rings is 1. The zero-order valence-corrected chi connectivity index (χ0v) is 12.9. The first kappa shape index (κ1) is 14.0. The van der Waals surface area contributed by atoms with E-state index in [2.05, 4.69) is 20.3 Å². The number of fused-ring (bicyclic) bond motifs is 1. The van der Waals surface area contributed by atoms with Crippen LogP contribution in [-0.4, -0.2) is 46.1 Å². The van der Waals surface area contributed by atoms with Crippen LogP contribution in [0, 0.1) is 0 Å². The van der Waals surface area contributed by atoms with Crippen LogP contribution < -0.4 is 10.2 Å². The molecule has 0 spiro atoms. The quantitative estimate of drug-likeness (QED) is 0.779. The molecule has 1 fully saturated rings. The lowest BCUT2D eigenvalue weighted by molar-refractivity contribution is 0.122. The number of ether oxygens (including phenoxy) is 1. The minimum atomic E-state index is 0.541. The highest BCUT2D eigenvalue weighted by atomic mass is 16.5. The molecular weight excluding hydrogens is 296 g/mol. The maximum absolute atomic E-state index is 5.43. The van der Waals surface area contributed by atoms with E-state index >= 15 is 0 Å². The highest BCUT2D eigenvalue weighted by Gasteiger charge is 2.19. The highest BCUT2D eigenvalue weighted by Crippen LogP contribution is 2.25. The van der Waals surface area contributed by atoms with Crippen LogP contribution in [0.1, 0.15) is 5.76 Å². The Balaban J connectivity index is 1.68. The van der Waals surface area contributed by atoms with Gasteiger partial charge in [0.05, 0.1) is 37.6 Å². The van der Waals surface area contributed by atoms with Crippen LogP contribution >= 0.6 is 0 Å². The largest absolute Gasteiger partial charge is 0.467 e. The van der Waals surface area contributed by atoms with E-state index < -0.39 is 0 Å². The van der Waals surface area contributed by atoms with E-state index in [9.17, 15) is 0 Å². The molecule has 1 saturated heterocycles. The van der Waals surface area contributed by atoms with Crippen LogP contribution in [0.5, 0.6) is 0 Å². The minimum absolute atomic E-state index is 0.541. The first-order valence-electron chi connectivity index (χ1n) is 7.60. The van der Waals surface area contributed by atoms with Crippen LogP contribution in [0.2, 0.25) is 0 Å². The van der Waals surface area contributed by atoms with Gasteiger partial charge in [0.1, 0.15) is 11.6 Å². The number of aromatic nitrogens is 4. The summed E-state index contributed by atoms with van der Waals surface area (Å²) in [4.78, 5) is 11.5. The summed E-state index contributed by atoms with van der Waals surface area (Å²) >= 11 is 0. The molecule has 4 rings (SSSR count). The molecule has 0 radical (unpaired) electrons. The third-order valence-electron chi connectivity index (χ3n) is 3.88. The van der Waals surface area contributed by atoms with E-state index in [1.54, 1.807) is 10.9 Å². The molecule has 0 aliphatic carbocycles. The van der Waals surface area contributed by atoms with Gasteiger partial charge in [-0.2, -0.15) is 15.1 Å². The Kier molecular flexibility index (Phi) is 3.58. The highest BCUT2D eigenvalue weighted by molar-refractivity contribution is 5.88. The van der Waals surface area contributed by atoms with E-state index in [0.717, 1.165) is 35.7 Å². The predicted octanol–water partition coefficient (Wildman–Crippen LogP) is 1.40. The molecule has 8 nitrogen and oxygen atoms in total. The lowest BCUT2D eigenvalue weighted by Gasteiger charge is -2.28. The number of nitrogens with one attached hydrogen (secondary N) is 1. The summed E-state index contributed by atoms with van der Waals surface area (Å²) in [5, 5.41) is 8.49. The van der Waals surface area contributed by atoms with Crippen molar-refractivity contribution in [1.29, 1.82) is 0 Å².